The van der Waals surface area contributed by atoms with Crippen LogP contribution in [0.15, 0.2) is 35.4 Å². The molecule has 0 aliphatic heterocycles. The SMILES string of the molecule is CNS(=O)(=O)c1ccc(NCc2cn[nH]c2N)cc1. The van der Waals surface area contributed by atoms with E-state index >= 15 is 0 Å². The van der Waals surface area contributed by atoms with Crippen LogP contribution in [0.5, 0.6) is 0 Å². The first-order valence-corrected chi connectivity index (χ1v) is 7.06. The van der Waals surface area contributed by atoms with E-state index in [0.29, 0.717) is 12.4 Å². The molecule has 0 radical (unpaired) electrons. The van der Waals surface area contributed by atoms with Gasteiger partial charge >= 0.3 is 0 Å². The number of aromatic nitrogens is 2. The fourth-order valence-corrected chi connectivity index (χ4v) is 2.26. The predicted octanol–water partition coefficient (Wildman–Crippen LogP) is 0.512. The van der Waals surface area contributed by atoms with Gasteiger partial charge in [0.15, 0.2) is 0 Å². The second-order valence-electron chi connectivity index (χ2n) is 3.89. The average Bonchev–Trinajstić information content (AvgIpc) is 2.82. The van der Waals surface area contributed by atoms with Crippen molar-refractivity contribution in [3.8, 4) is 0 Å². The lowest BCUT2D eigenvalue weighted by molar-refractivity contribution is 0.588. The van der Waals surface area contributed by atoms with Crippen LogP contribution in [0.4, 0.5) is 11.5 Å². The molecular weight excluding hydrogens is 266 g/mol. The van der Waals surface area contributed by atoms with Gasteiger partial charge in [-0.1, -0.05) is 0 Å². The third-order valence-electron chi connectivity index (χ3n) is 2.67. The second-order valence-corrected chi connectivity index (χ2v) is 5.78. The van der Waals surface area contributed by atoms with Gasteiger partial charge in [-0.05, 0) is 31.3 Å². The number of hydrogen-bond donors (Lipinski definition) is 4. The Morgan fingerprint density at radius 2 is 2.00 bits per heavy atom. The van der Waals surface area contributed by atoms with Gasteiger partial charge < -0.3 is 11.1 Å². The largest absolute Gasteiger partial charge is 0.384 e. The highest BCUT2D eigenvalue weighted by Crippen LogP contribution is 2.15. The van der Waals surface area contributed by atoms with Crippen molar-refractivity contribution in [1.82, 2.24) is 14.9 Å². The standard InChI is InChI=1S/C11H15N5O2S/c1-13-19(17,18)10-4-2-9(3-5-10)14-6-8-7-15-16-11(8)12/h2-5,7,13-14H,6H2,1H3,(H3,12,15,16). The molecule has 7 nitrogen and oxygen atoms in total. The van der Waals surface area contributed by atoms with Crippen LogP contribution < -0.4 is 15.8 Å². The smallest absolute Gasteiger partial charge is 0.240 e. The van der Waals surface area contributed by atoms with E-state index < -0.39 is 10.0 Å². The Kier molecular flexibility index (Phi) is 3.72. The Balaban J connectivity index is 2.06. The van der Waals surface area contributed by atoms with Crippen LogP contribution in [-0.4, -0.2) is 25.7 Å². The molecule has 1 aromatic carbocycles. The molecule has 0 saturated heterocycles. The van der Waals surface area contributed by atoms with Crippen molar-refractivity contribution in [2.75, 3.05) is 18.1 Å². The molecule has 0 aliphatic carbocycles. The molecule has 2 aromatic rings. The molecule has 0 fully saturated rings. The van der Waals surface area contributed by atoms with Gasteiger partial charge in [0.05, 0.1) is 11.1 Å². The number of aromatic amines is 1. The minimum Gasteiger partial charge on any atom is -0.384 e. The van der Waals surface area contributed by atoms with Crippen LogP contribution in [0.1, 0.15) is 5.56 Å². The summed E-state index contributed by atoms with van der Waals surface area (Å²) in [6, 6.07) is 6.46. The second kappa shape index (κ2) is 5.29. The molecule has 0 aliphatic rings. The minimum atomic E-state index is -3.39. The molecule has 0 bridgehead atoms. The highest BCUT2D eigenvalue weighted by molar-refractivity contribution is 7.89. The van der Waals surface area contributed by atoms with E-state index in [1.165, 1.54) is 19.2 Å². The average molecular weight is 281 g/mol. The maximum atomic E-state index is 11.5. The number of sulfonamides is 1. The summed E-state index contributed by atoms with van der Waals surface area (Å²) >= 11 is 0. The Hall–Kier alpha value is -2.06. The molecule has 0 unspecified atom stereocenters. The molecule has 2 rings (SSSR count). The molecule has 102 valence electrons. The van der Waals surface area contributed by atoms with Crippen molar-refractivity contribution in [2.45, 2.75) is 11.4 Å². The highest BCUT2D eigenvalue weighted by atomic mass is 32.2. The number of nitrogen functional groups attached to an aromatic ring is 1. The van der Waals surface area contributed by atoms with E-state index in [9.17, 15) is 8.42 Å². The van der Waals surface area contributed by atoms with Gasteiger partial charge in [-0.3, -0.25) is 5.10 Å². The monoisotopic (exact) mass is 281 g/mol. The predicted molar refractivity (Wildman–Crippen MR) is 73.0 cm³/mol. The molecule has 1 heterocycles. The minimum absolute atomic E-state index is 0.225. The number of H-pyrrole nitrogens is 1. The lowest BCUT2D eigenvalue weighted by Crippen LogP contribution is -2.18. The Bertz CT molecular complexity index is 648. The zero-order valence-corrected chi connectivity index (χ0v) is 11.2. The van der Waals surface area contributed by atoms with Gasteiger partial charge in [0.25, 0.3) is 0 Å². The first-order chi connectivity index (χ1) is 9.03. The molecule has 8 heteroatoms. The van der Waals surface area contributed by atoms with E-state index in [1.807, 2.05) is 0 Å². The van der Waals surface area contributed by atoms with E-state index in [4.69, 9.17) is 5.73 Å². The van der Waals surface area contributed by atoms with Gasteiger partial charge in [-0.2, -0.15) is 5.10 Å². The third kappa shape index (κ3) is 3.04. The number of benzene rings is 1. The molecule has 5 N–H and O–H groups in total. The van der Waals surface area contributed by atoms with Crippen molar-refractivity contribution < 1.29 is 8.42 Å². The number of nitrogens with one attached hydrogen (secondary N) is 3. The first kappa shape index (κ1) is 13.4. The van der Waals surface area contributed by atoms with Crippen LogP contribution in [0, 0.1) is 0 Å². The summed E-state index contributed by atoms with van der Waals surface area (Å²) in [5.41, 5.74) is 7.31. The van der Waals surface area contributed by atoms with Crippen LogP contribution >= 0.6 is 0 Å². The van der Waals surface area contributed by atoms with E-state index in [0.717, 1.165) is 11.3 Å². The summed E-state index contributed by atoms with van der Waals surface area (Å²) in [5, 5.41) is 9.58. The van der Waals surface area contributed by atoms with Gasteiger partial charge in [-0.15, -0.1) is 0 Å². The topological polar surface area (TPSA) is 113 Å². The zero-order valence-electron chi connectivity index (χ0n) is 10.3. The van der Waals surface area contributed by atoms with Crippen LogP contribution in [0.2, 0.25) is 0 Å². The lowest BCUT2D eigenvalue weighted by Gasteiger charge is -2.07. The molecule has 0 atom stereocenters. The molecule has 0 saturated carbocycles. The Morgan fingerprint density at radius 1 is 1.32 bits per heavy atom. The van der Waals surface area contributed by atoms with E-state index in [1.54, 1.807) is 18.3 Å². The lowest BCUT2D eigenvalue weighted by atomic mass is 10.3. The summed E-state index contributed by atoms with van der Waals surface area (Å²) in [6.45, 7) is 0.514. The van der Waals surface area contributed by atoms with Crippen molar-refractivity contribution in [3.63, 3.8) is 0 Å². The van der Waals surface area contributed by atoms with Crippen molar-refractivity contribution in [1.29, 1.82) is 0 Å². The van der Waals surface area contributed by atoms with Gasteiger partial charge in [0, 0.05) is 17.8 Å². The molecule has 19 heavy (non-hydrogen) atoms. The van der Waals surface area contributed by atoms with Crippen molar-refractivity contribution in [3.05, 3.63) is 36.0 Å². The normalized spacial score (nSPS) is 11.4. The molecule has 0 spiro atoms. The fraction of sp³-hybridized carbons (Fsp3) is 0.182. The van der Waals surface area contributed by atoms with Crippen LogP contribution in [-0.2, 0) is 16.6 Å². The van der Waals surface area contributed by atoms with Gasteiger partial charge in [0.1, 0.15) is 5.82 Å². The summed E-state index contributed by atoms with van der Waals surface area (Å²) in [6.07, 6.45) is 1.64. The highest BCUT2D eigenvalue weighted by Gasteiger charge is 2.10. The van der Waals surface area contributed by atoms with Gasteiger partial charge in [-0.25, -0.2) is 13.1 Å². The van der Waals surface area contributed by atoms with Crippen molar-refractivity contribution in [2.24, 2.45) is 0 Å². The zero-order chi connectivity index (χ0) is 13.9. The maximum absolute atomic E-state index is 11.5. The fourth-order valence-electron chi connectivity index (χ4n) is 1.53. The number of hydrogen-bond acceptors (Lipinski definition) is 5. The Morgan fingerprint density at radius 3 is 2.53 bits per heavy atom. The number of rotatable bonds is 5. The summed E-state index contributed by atoms with van der Waals surface area (Å²) in [5.74, 6) is 0.516. The van der Waals surface area contributed by atoms with Crippen LogP contribution in [0.3, 0.4) is 0 Å². The van der Waals surface area contributed by atoms with Crippen LogP contribution in [0.25, 0.3) is 0 Å². The summed E-state index contributed by atoms with van der Waals surface area (Å²) in [7, 11) is -2.01. The van der Waals surface area contributed by atoms with Gasteiger partial charge in [0.2, 0.25) is 10.0 Å². The van der Waals surface area contributed by atoms with E-state index in [2.05, 4.69) is 20.2 Å². The molecular formula is C11H15N5O2S. The maximum Gasteiger partial charge on any atom is 0.240 e. The third-order valence-corrected chi connectivity index (χ3v) is 4.10. The number of nitrogens with zero attached hydrogens (tertiary/aromatic N) is 1. The first-order valence-electron chi connectivity index (χ1n) is 5.58. The molecule has 0 amide bonds. The summed E-state index contributed by atoms with van der Waals surface area (Å²) in [4.78, 5) is 0.225. The van der Waals surface area contributed by atoms with Crippen molar-refractivity contribution >= 4 is 21.5 Å². The Labute approximate surface area is 111 Å². The number of nitrogens with two attached hydrogens (primary N) is 1. The van der Waals surface area contributed by atoms with E-state index in [-0.39, 0.29) is 4.90 Å². The quantitative estimate of drug-likeness (QED) is 0.638. The molecule has 1 aromatic heterocycles. The summed E-state index contributed by atoms with van der Waals surface area (Å²) < 4.78 is 25.3. The number of anilines is 2.